The van der Waals surface area contributed by atoms with Crippen LogP contribution in [-0.4, -0.2) is 16.5 Å². The summed E-state index contributed by atoms with van der Waals surface area (Å²) in [6.45, 7) is 3.73. The Morgan fingerprint density at radius 1 is 1.23 bits per heavy atom. The van der Waals surface area contributed by atoms with E-state index in [1.807, 2.05) is 12.1 Å². The molecule has 158 valence electrons. The molecule has 2 aromatic heterocycles. The van der Waals surface area contributed by atoms with Crippen LogP contribution in [0.3, 0.4) is 0 Å². The Bertz CT molecular complexity index is 974. The summed E-state index contributed by atoms with van der Waals surface area (Å²) in [6.07, 6.45) is 4.44. The van der Waals surface area contributed by atoms with Crippen LogP contribution in [0.1, 0.15) is 48.1 Å². The number of thiophene rings is 1. The van der Waals surface area contributed by atoms with Gasteiger partial charge in [0.15, 0.2) is 0 Å². The minimum Gasteiger partial charge on any atom is -0.366 e. The Kier molecular flexibility index (Phi) is 6.52. The number of hydrogen-bond donors (Lipinski definition) is 1. The lowest BCUT2D eigenvalue weighted by Gasteiger charge is -2.29. The largest absolute Gasteiger partial charge is 0.366 e. The van der Waals surface area contributed by atoms with Crippen molar-refractivity contribution in [1.82, 2.24) is 9.97 Å². The molecule has 1 aromatic carbocycles. The third-order valence-corrected chi connectivity index (χ3v) is 6.82. The number of nitrogens with zero attached hydrogens (tertiary/aromatic N) is 3. The molecule has 30 heavy (non-hydrogen) atoms. The van der Waals surface area contributed by atoms with Crippen molar-refractivity contribution in [3.63, 3.8) is 0 Å². The van der Waals surface area contributed by atoms with Gasteiger partial charge < -0.3 is 10.2 Å². The highest BCUT2D eigenvalue weighted by molar-refractivity contribution is 14.1. The molecule has 1 atom stereocenters. The molecule has 0 amide bonds. The van der Waals surface area contributed by atoms with Crippen molar-refractivity contribution in [1.29, 1.82) is 0 Å². The minimum absolute atomic E-state index is 0.0348. The van der Waals surface area contributed by atoms with Crippen molar-refractivity contribution in [2.24, 2.45) is 0 Å². The third kappa shape index (κ3) is 4.59. The first-order valence-electron chi connectivity index (χ1n) is 10.00. The molecular weight excluding hydrogens is 517 g/mol. The van der Waals surface area contributed by atoms with Crippen LogP contribution < -0.4 is 10.2 Å². The van der Waals surface area contributed by atoms with Gasteiger partial charge in [-0.15, -0.1) is 0 Å². The van der Waals surface area contributed by atoms with Crippen LogP contribution in [0.5, 0.6) is 0 Å². The van der Waals surface area contributed by atoms with Crippen molar-refractivity contribution < 1.29 is 8.78 Å². The molecule has 3 heterocycles. The number of nitrogens with one attached hydrogen (secondary N) is 1. The maximum absolute atomic E-state index is 13.6. The van der Waals surface area contributed by atoms with Crippen LogP contribution in [0, 0.1) is 0 Å². The summed E-state index contributed by atoms with van der Waals surface area (Å²) >= 11 is 2.85. The van der Waals surface area contributed by atoms with Crippen molar-refractivity contribution in [2.75, 3.05) is 16.8 Å². The van der Waals surface area contributed by atoms with Crippen LogP contribution in [-0.2, 0) is 16.9 Å². The van der Waals surface area contributed by atoms with E-state index in [0.29, 0.717) is 0 Å². The SMILES string of the molecule is CCc1c(NCc2ccsc2)ncnc1N1CCCC1c1ccc(C(F)(F)I)cc1. The second-order valence-corrected chi connectivity index (χ2v) is 9.47. The summed E-state index contributed by atoms with van der Waals surface area (Å²) < 4.78 is 24.3. The third-order valence-electron chi connectivity index (χ3n) is 5.46. The quantitative estimate of drug-likeness (QED) is 0.273. The molecule has 0 aliphatic carbocycles. The average molecular weight is 540 g/mol. The van der Waals surface area contributed by atoms with Gasteiger partial charge in [0.25, 0.3) is 0 Å². The highest BCUT2D eigenvalue weighted by Crippen LogP contribution is 2.40. The topological polar surface area (TPSA) is 41.1 Å². The van der Waals surface area contributed by atoms with Gasteiger partial charge in [0.2, 0.25) is 0 Å². The van der Waals surface area contributed by atoms with E-state index in [4.69, 9.17) is 0 Å². The summed E-state index contributed by atoms with van der Waals surface area (Å²) in [5.74, 6) is 1.80. The standard InChI is InChI=1S/C22H23F2IN4S/c1-2-18-20(26-12-15-9-11-30-13-15)27-14-28-21(18)29-10-3-4-19(29)16-5-7-17(8-6-16)22(23,24)25/h5-9,11,13-14,19H,2-4,10,12H2,1H3,(H,26,27,28). The monoisotopic (exact) mass is 540 g/mol. The van der Waals surface area contributed by atoms with E-state index >= 15 is 0 Å². The first-order chi connectivity index (χ1) is 14.5. The van der Waals surface area contributed by atoms with Crippen molar-refractivity contribution >= 4 is 45.6 Å². The van der Waals surface area contributed by atoms with E-state index in [1.54, 1.807) is 17.7 Å². The van der Waals surface area contributed by atoms with Gasteiger partial charge in [0.05, 0.1) is 6.04 Å². The maximum Gasteiger partial charge on any atom is 0.321 e. The Hall–Kier alpha value is -1.81. The summed E-state index contributed by atoms with van der Waals surface area (Å²) in [5, 5.41) is 7.65. The zero-order chi connectivity index (χ0) is 21.1. The summed E-state index contributed by atoms with van der Waals surface area (Å²) in [7, 11) is 0. The van der Waals surface area contributed by atoms with Gasteiger partial charge in [-0.2, -0.15) is 20.1 Å². The van der Waals surface area contributed by atoms with Crippen LogP contribution in [0.25, 0.3) is 0 Å². The molecule has 1 unspecified atom stereocenters. The second-order valence-electron chi connectivity index (χ2n) is 7.33. The van der Waals surface area contributed by atoms with Gasteiger partial charge >= 0.3 is 3.93 Å². The molecule has 1 aliphatic heterocycles. The predicted octanol–water partition coefficient (Wildman–Crippen LogP) is 6.54. The smallest absolute Gasteiger partial charge is 0.321 e. The van der Waals surface area contributed by atoms with Gasteiger partial charge in [-0.05, 0) is 47.2 Å². The lowest BCUT2D eigenvalue weighted by Crippen LogP contribution is -2.25. The lowest BCUT2D eigenvalue weighted by atomic mass is 10.0. The fourth-order valence-electron chi connectivity index (χ4n) is 3.97. The summed E-state index contributed by atoms with van der Waals surface area (Å²) in [4.78, 5) is 11.4. The Balaban J connectivity index is 1.59. The zero-order valence-electron chi connectivity index (χ0n) is 16.6. The number of anilines is 2. The molecule has 0 bridgehead atoms. The van der Waals surface area contributed by atoms with Gasteiger partial charge in [-0.3, -0.25) is 0 Å². The number of alkyl halides is 3. The maximum atomic E-state index is 13.6. The molecule has 3 aromatic rings. The first-order valence-corrected chi connectivity index (χ1v) is 12.0. The normalized spacial score (nSPS) is 16.8. The second kappa shape index (κ2) is 9.13. The lowest BCUT2D eigenvalue weighted by molar-refractivity contribution is 0.127. The molecule has 1 aliphatic rings. The van der Waals surface area contributed by atoms with Gasteiger partial charge in [0.1, 0.15) is 18.0 Å². The molecule has 1 N–H and O–H groups in total. The molecule has 4 rings (SSSR count). The highest BCUT2D eigenvalue weighted by Gasteiger charge is 2.31. The van der Waals surface area contributed by atoms with Crippen molar-refractivity contribution in [3.05, 3.63) is 69.7 Å². The van der Waals surface area contributed by atoms with Crippen LogP contribution in [0.2, 0.25) is 0 Å². The fraction of sp³-hybridized carbons (Fsp3) is 0.364. The van der Waals surface area contributed by atoms with Gasteiger partial charge in [0, 0.05) is 46.8 Å². The molecule has 0 saturated carbocycles. The van der Waals surface area contributed by atoms with E-state index in [-0.39, 0.29) is 11.6 Å². The Morgan fingerprint density at radius 2 is 2.03 bits per heavy atom. The average Bonchev–Trinajstić information content (AvgIpc) is 3.43. The predicted molar refractivity (Wildman–Crippen MR) is 127 cm³/mol. The van der Waals surface area contributed by atoms with E-state index in [9.17, 15) is 8.78 Å². The number of rotatable bonds is 7. The van der Waals surface area contributed by atoms with Crippen LogP contribution in [0.4, 0.5) is 20.4 Å². The van der Waals surface area contributed by atoms with Crippen molar-refractivity contribution in [3.8, 4) is 0 Å². The summed E-state index contributed by atoms with van der Waals surface area (Å²) in [5.41, 5.74) is 3.40. The number of benzene rings is 1. The molecule has 0 spiro atoms. The number of hydrogen-bond acceptors (Lipinski definition) is 5. The molecule has 8 heteroatoms. The number of halogens is 3. The molecule has 4 nitrogen and oxygen atoms in total. The molecular formula is C22H23F2IN4S. The van der Waals surface area contributed by atoms with E-state index < -0.39 is 3.93 Å². The number of aromatic nitrogens is 2. The van der Waals surface area contributed by atoms with E-state index in [0.717, 1.165) is 55.1 Å². The molecule has 1 saturated heterocycles. The van der Waals surface area contributed by atoms with E-state index in [2.05, 4.69) is 43.9 Å². The minimum atomic E-state index is -2.85. The summed E-state index contributed by atoms with van der Waals surface area (Å²) in [6, 6.07) is 8.96. The van der Waals surface area contributed by atoms with Gasteiger partial charge in [-0.25, -0.2) is 9.97 Å². The van der Waals surface area contributed by atoms with Gasteiger partial charge in [-0.1, -0.05) is 31.2 Å². The van der Waals surface area contributed by atoms with Crippen molar-refractivity contribution in [2.45, 2.75) is 42.7 Å². The zero-order valence-corrected chi connectivity index (χ0v) is 19.6. The Morgan fingerprint density at radius 3 is 2.70 bits per heavy atom. The first kappa shape index (κ1) is 21.4. The van der Waals surface area contributed by atoms with Crippen LogP contribution in [0.15, 0.2) is 47.4 Å². The van der Waals surface area contributed by atoms with E-state index in [1.165, 1.54) is 40.3 Å². The Labute approximate surface area is 192 Å². The fourth-order valence-corrected chi connectivity index (χ4v) is 5.00. The molecule has 1 fully saturated rings. The molecule has 0 radical (unpaired) electrons. The van der Waals surface area contributed by atoms with Crippen LogP contribution >= 0.6 is 33.9 Å². The highest BCUT2D eigenvalue weighted by atomic mass is 127.